The van der Waals surface area contributed by atoms with Crippen LogP contribution in [0.2, 0.25) is 0 Å². The summed E-state index contributed by atoms with van der Waals surface area (Å²) < 4.78 is 0. The minimum atomic E-state index is 1.09. The highest BCUT2D eigenvalue weighted by molar-refractivity contribution is 5.56. The molecule has 0 saturated heterocycles. The fourth-order valence-electron chi connectivity index (χ4n) is 3.07. The summed E-state index contributed by atoms with van der Waals surface area (Å²) in [5.41, 5.74) is 4.24. The van der Waals surface area contributed by atoms with E-state index in [0.29, 0.717) is 0 Å². The molecule has 1 nitrogen and oxygen atoms in total. The second-order valence-electron chi connectivity index (χ2n) is 6.46. The molecule has 1 heteroatoms. The van der Waals surface area contributed by atoms with Crippen LogP contribution >= 0.6 is 0 Å². The third kappa shape index (κ3) is 5.57. The quantitative estimate of drug-likeness (QED) is 0.509. The molecule has 0 radical (unpaired) electrons. The molecule has 1 aliphatic heterocycles. The van der Waals surface area contributed by atoms with Crippen LogP contribution in [0.5, 0.6) is 0 Å². The second kappa shape index (κ2) is 8.92. The molecular weight excluding hydrogens is 254 g/mol. The van der Waals surface area contributed by atoms with Gasteiger partial charge in [0.05, 0.1) is 0 Å². The number of benzene rings is 1. The van der Waals surface area contributed by atoms with Crippen LogP contribution in [0.4, 0.5) is 0 Å². The number of hydrogen-bond donors (Lipinski definition) is 0. The van der Waals surface area contributed by atoms with Crippen LogP contribution in [0.1, 0.15) is 75.0 Å². The van der Waals surface area contributed by atoms with Crippen LogP contribution in [0.15, 0.2) is 24.4 Å². The summed E-state index contributed by atoms with van der Waals surface area (Å²) in [4.78, 5) is 2.47. The van der Waals surface area contributed by atoms with E-state index in [-0.39, 0.29) is 0 Å². The Kier molecular flexibility index (Phi) is 6.85. The molecule has 21 heavy (non-hydrogen) atoms. The van der Waals surface area contributed by atoms with E-state index in [4.69, 9.17) is 0 Å². The molecule has 1 aromatic carbocycles. The van der Waals surface area contributed by atoms with E-state index >= 15 is 0 Å². The molecular formula is C20H31N. The number of unbranched alkanes of at least 4 members (excludes halogenated alkanes) is 7. The molecule has 1 aliphatic rings. The van der Waals surface area contributed by atoms with Gasteiger partial charge in [-0.05, 0) is 36.7 Å². The summed E-state index contributed by atoms with van der Waals surface area (Å²) in [6.45, 7) is 6.74. The van der Waals surface area contributed by atoms with Gasteiger partial charge in [0.15, 0.2) is 0 Å². The van der Waals surface area contributed by atoms with Crippen molar-refractivity contribution in [2.75, 3.05) is 6.54 Å². The average Bonchev–Trinajstić information content (AvgIpc) is 2.50. The Labute approximate surface area is 131 Å². The van der Waals surface area contributed by atoms with Crippen molar-refractivity contribution >= 4 is 6.08 Å². The molecule has 116 valence electrons. The molecule has 1 aromatic rings. The van der Waals surface area contributed by atoms with E-state index in [1.54, 1.807) is 0 Å². The zero-order chi connectivity index (χ0) is 14.9. The van der Waals surface area contributed by atoms with Gasteiger partial charge in [-0.2, -0.15) is 0 Å². The fraction of sp³-hybridized carbons (Fsp3) is 0.600. The second-order valence-corrected chi connectivity index (χ2v) is 6.46. The van der Waals surface area contributed by atoms with E-state index in [1.165, 1.54) is 74.6 Å². The Morgan fingerprint density at radius 3 is 2.43 bits per heavy atom. The van der Waals surface area contributed by atoms with Gasteiger partial charge in [-0.25, -0.2) is 0 Å². The Morgan fingerprint density at radius 2 is 1.67 bits per heavy atom. The van der Waals surface area contributed by atoms with Crippen molar-refractivity contribution in [3.05, 3.63) is 41.1 Å². The van der Waals surface area contributed by atoms with Gasteiger partial charge in [0.25, 0.3) is 0 Å². The highest BCUT2D eigenvalue weighted by atomic mass is 15.1. The number of aryl methyl sites for hydroxylation is 1. The van der Waals surface area contributed by atoms with Crippen molar-refractivity contribution in [2.45, 2.75) is 71.8 Å². The zero-order valence-electron chi connectivity index (χ0n) is 13.9. The fourth-order valence-corrected chi connectivity index (χ4v) is 3.07. The number of nitrogens with zero attached hydrogens (tertiary/aromatic N) is 1. The minimum absolute atomic E-state index is 1.09. The monoisotopic (exact) mass is 285 g/mol. The van der Waals surface area contributed by atoms with Crippen molar-refractivity contribution < 1.29 is 0 Å². The highest BCUT2D eigenvalue weighted by Crippen LogP contribution is 2.21. The van der Waals surface area contributed by atoms with Gasteiger partial charge >= 0.3 is 0 Å². The molecule has 0 unspecified atom stereocenters. The van der Waals surface area contributed by atoms with Crippen LogP contribution in [-0.4, -0.2) is 11.4 Å². The van der Waals surface area contributed by atoms with E-state index in [2.05, 4.69) is 49.2 Å². The Hall–Kier alpha value is -1.24. The summed E-state index contributed by atoms with van der Waals surface area (Å²) in [6.07, 6.45) is 15.7. The summed E-state index contributed by atoms with van der Waals surface area (Å²) in [6, 6.07) is 6.81. The molecule has 0 aliphatic carbocycles. The maximum absolute atomic E-state index is 2.47. The molecule has 1 heterocycles. The maximum atomic E-state index is 2.47. The summed E-state index contributed by atoms with van der Waals surface area (Å²) in [5, 5.41) is 0. The lowest BCUT2D eigenvalue weighted by atomic mass is 10.0. The van der Waals surface area contributed by atoms with Crippen molar-refractivity contribution in [3.8, 4) is 0 Å². The third-order valence-electron chi connectivity index (χ3n) is 4.44. The molecule has 0 amide bonds. The van der Waals surface area contributed by atoms with E-state index in [9.17, 15) is 0 Å². The molecule has 0 N–H and O–H groups in total. The summed E-state index contributed by atoms with van der Waals surface area (Å²) in [5.74, 6) is 0. The Bertz CT molecular complexity index is 447. The standard InChI is InChI=1S/C20H31N/c1-3-4-5-6-7-8-9-10-14-21-15-13-19-16-18(2)11-12-20(19)17-21/h11-13,15-16H,3-10,14,17H2,1-2H3. The van der Waals surface area contributed by atoms with Crippen molar-refractivity contribution in [2.24, 2.45) is 0 Å². The largest absolute Gasteiger partial charge is 0.373 e. The predicted molar refractivity (Wildman–Crippen MR) is 93.2 cm³/mol. The van der Waals surface area contributed by atoms with Gasteiger partial charge in [0.2, 0.25) is 0 Å². The highest BCUT2D eigenvalue weighted by Gasteiger charge is 2.09. The number of rotatable bonds is 9. The van der Waals surface area contributed by atoms with Crippen LogP contribution in [0, 0.1) is 6.92 Å². The van der Waals surface area contributed by atoms with Gasteiger partial charge in [-0.15, -0.1) is 0 Å². The SMILES string of the molecule is CCCCCCCCCCN1C=Cc2cc(C)ccc2C1. The lowest BCUT2D eigenvalue weighted by molar-refractivity contribution is 0.353. The lowest BCUT2D eigenvalue weighted by Crippen LogP contribution is -2.21. The van der Waals surface area contributed by atoms with Crippen molar-refractivity contribution in [3.63, 3.8) is 0 Å². The van der Waals surface area contributed by atoms with Gasteiger partial charge < -0.3 is 4.90 Å². The molecule has 2 rings (SSSR count). The van der Waals surface area contributed by atoms with Crippen LogP contribution in [-0.2, 0) is 6.54 Å². The Balaban J connectivity index is 1.60. The van der Waals surface area contributed by atoms with Crippen LogP contribution in [0.25, 0.3) is 6.08 Å². The molecule has 0 bridgehead atoms. The van der Waals surface area contributed by atoms with E-state index in [0.717, 1.165) is 6.54 Å². The maximum Gasteiger partial charge on any atom is 0.0429 e. The third-order valence-corrected chi connectivity index (χ3v) is 4.44. The zero-order valence-corrected chi connectivity index (χ0v) is 13.9. The van der Waals surface area contributed by atoms with E-state index < -0.39 is 0 Å². The first-order valence-electron chi connectivity index (χ1n) is 8.81. The average molecular weight is 285 g/mol. The van der Waals surface area contributed by atoms with Gasteiger partial charge in [-0.1, -0.05) is 75.6 Å². The lowest BCUT2D eigenvalue weighted by Gasteiger charge is -2.25. The first-order chi connectivity index (χ1) is 10.3. The first kappa shape index (κ1) is 16.1. The smallest absolute Gasteiger partial charge is 0.0429 e. The summed E-state index contributed by atoms with van der Waals surface area (Å²) >= 11 is 0. The predicted octanol–water partition coefficient (Wildman–Crippen LogP) is 5.92. The normalized spacial score (nSPS) is 13.5. The summed E-state index contributed by atoms with van der Waals surface area (Å²) in [7, 11) is 0. The minimum Gasteiger partial charge on any atom is -0.373 e. The molecule has 0 atom stereocenters. The van der Waals surface area contributed by atoms with Gasteiger partial charge in [0.1, 0.15) is 0 Å². The number of fused-ring (bicyclic) bond motifs is 1. The van der Waals surface area contributed by atoms with Gasteiger partial charge in [0, 0.05) is 13.1 Å². The topological polar surface area (TPSA) is 3.24 Å². The first-order valence-corrected chi connectivity index (χ1v) is 8.81. The molecule has 0 saturated carbocycles. The van der Waals surface area contributed by atoms with Crippen LogP contribution in [0.3, 0.4) is 0 Å². The number of hydrogen-bond acceptors (Lipinski definition) is 1. The molecule has 0 spiro atoms. The van der Waals surface area contributed by atoms with E-state index in [1.807, 2.05) is 0 Å². The Morgan fingerprint density at radius 1 is 0.952 bits per heavy atom. The van der Waals surface area contributed by atoms with Crippen molar-refractivity contribution in [1.29, 1.82) is 0 Å². The van der Waals surface area contributed by atoms with Crippen molar-refractivity contribution in [1.82, 2.24) is 4.90 Å². The molecule has 0 fully saturated rings. The van der Waals surface area contributed by atoms with Gasteiger partial charge in [-0.3, -0.25) is 0 Å². The van der Waals surface area contributed by atoms with Crippen LogP contribution < -0.4 is 0 Å². The molecule has 0 aromatic heterocycles.